The van der Waals surface area contributed by atoms with E-state index in [4.69, 9.17) is 0 Å². The zero-order chi connectivity index (χ0) is 34.2. The van der Waals surface area contributed by atoms with Gasteiger partial charge in [0.2, 0.25) is 0 Å². The summed E-state index contributed by atoms with van der Waals surface area (Å²) in [5.41, 5.74) is 9.41. The molecule has 8 aromatic carbocycles. The maximum absolute atomic E-state index is 2.41. The summed E-state index contributed by atoms with van der Waals surface area (Å²) in [6.45, 7) is 0. The van der Waals surface area contributed by atoms with Gasteiger partial charge >= 0.3 is 0 Å². The molecule has 3 heterocycles. The topological polar surface area (TPSA) is 8.17 Å². The van der Waals surface area contributed by atoms with Gasteiger partial charge in [-0.3, -0.25) is 0 Å². The van der Waals surface area contributed by atoms with Gasteiger partial charge in [-0.25, -0.2) is 0 Å². The van der Waals surface area contributed by atoms with Crippen molar-refractivity contribution in [3.05, 3.63) is 182 Å². The Labute approximate surface area is 308 Å². The van der Waals surface area contributed by atoms with Crippen LogP contribution < -0.4 is 4.90 Å². The zero-order valence-corrected chi connectivity index (χ0v) is 29.7. The molecule has 0 amide bonds. The molecule has 0 spiro atoms. The summed E-state index contributed by atoms with van der Waals surface area (Å²) in [6, 6.07) is 66.7. The first kappa shape index (κ1) is 29.5. The molecule has 0 unspecified atom stereocenters. The van der Waals surface area contributed by atoms with Crippen LogP contribution in [0.4, 0.5) is 17.1 Å². The summed E-state index contributed by atoms with van der Waals surface area (Å²) in [5.74, 6) is 0. The molecule has 52 heavy (non-hydrogen) atoms. The summed E-state index contributed by atoms with van der Waals surface area (Å²) in [4.78, 5) is 2.41. The zero-order valence-electron chi connectivity index (χ0n) is 28.0. The second-order valence-corrected chi connectivity index (χ2v) is 15.5. The molecule has 0 aliphatic carbocycles. The van der Waals surface area contributed by atoms with Gasteiger partial charge in [-0.1, -0.05) is 103 Å². The molecule has 2 nitrogen and oxygen atoms in total. The van der Waals surface area contributed by atoms with E-state index >= 15 is 0 Å². The van der Waals surface area contributed by atoms with Crippen molar-refractivity contribution >= 4 is 102 Å². The molecule has 0 saturated heterocycles. The minimum absolute atomic E-state index is 1.12. The molecule has 11 aromatic rings. The highest BCUT2D eigenvalue weighted by Gasteiger charge is 2.19. The minimum atomic E-state index is 1.12. The fraction of sp³-hybridized carbons (Fsp3) is 0. The molecule has 244 valence electrons. The van der Waals surface area contributed by atoms with Crippen molar-refractivity contribution in [1.82, 2.24) is 4.57 Å². The number of aromatic nitrogens is 1. The first-order chi connectivity index (χ1) is 25.8. The Morgan fingerprint density at radius 3 is 1.60 bits per heavy atom. The lowest BCUT2D eigenvalue weighted by atomic mass is 10.0. The molecule has 4 heteroatoms. The molecule has 0 bridgehead atoms. The van der Waals surface area contributed by atoms with E-state index in [0.29, 0.717) is 0 Å². The van der Waals surface area contributed by atoms with Gasteiger partial charge in [-0.05, 0) is 90.0 Å². The van der Waals surface area contributed by atoms with E-state index in [2.05, 4.69) is 191 Å². The Hall–Kier alpha value is -6.20. The van der Waals surface area contributed by atoms with Crippen molar-refractivity contribution in [2.24, 2.45) is 0 Å². The number of nitrogens with zero attached hydrogens (tertiary/aromatic N) is 2. The number of hydrogen-bond acceptors (Lipinski definition) is 3. The first-order valence-corrected chi connectivity index (χ1v) is 19.2. The smallest absolute Gasteiger partial charge is 0.0542 e. The average Bonchev–Trinajstić information content (AvgIpc) is 3.87. The van der Waals surface area contributed by atoms with Gasteiger partial charge in [-0.15, -0.1) is 22.7 Å². The summed E-state index contributed by atoms with van der Waals surface area (Å²) in [6.07, 6.45) is 0. The van der Waals surface area contributed by atoms with Crippen molar-refractivity contribution in [1.29, 1.82) is 0 Å². The lowest BCUT2D eigenvalue weighted by molar-refractivity contribution is 1.18. The van der Waals surface area contributed by atoms with Crippen molar-refractivity contribution in [2.75, 3.05) is 4.90 Å². The number of fused-ring (bicyclic) bond motifs is 9. The standard InChI is InChI=1S/C48H30N2S2/c1-2-10-33(11-3-1)50-43-15-7-4-12-37(43)42-29-35(24-27-44(42)50)49(36-23-26-41-39-14-6-9-17-46(39)52-48(41)30-36)34-21-18-31(19-22-34)32-20-25-40-38-13-5-8-16-45(38)51-47(40)28-32/h1-30H. The van der Waals surface area contributed by atoms with Crippen LogP contribution in [0.1, 0.15) is 0 Å². The Morgan fingerprint density at radius 2 is 0.846 bits per heavy atom. The van der Waals surface area contributed by atoms with Gasteiger partial charge < -0.3 is 9.47 Å². The SMILES string of the molecule is c1ccc(-n2c3ccccc3c3cc(N(c4ccc(-c5ccc6c(c5)sc5ccccc56)cc4)c4ccc5c(c4)sc4ccccc45)ccc32)cc1. The van der Waals surface area contributed by atoms with Crippen molar-refractivity contribution in [2.45, 2.75) is 0 Å². The first-order valence-electron chi connectivity index (χ1n) is 17.6. The van der Waals surface area contributed by atoms with E-state index in [1.807, 2.05) is 22.7 Å². The van der Waals surface area contributed by atoms with Crippen LogP contribution in [0.25, 0.3) is 79.0 Å². The van der Waals surface area contributed by atoms with Crippen LogP contribution >= 0.6 is 22.7 Å². The maximum atomic E-state index is 2.41. The van der Waals surface area contributed by atoms with Crippen LogP contribution in [0.5, 0.6) is 0 Å². The number of rotatable bonds is 5. The van der Waals surface area contributed by atoms with Crippen LogP contribution in [-0.4, -0.2) is 4.57 Å². The predicted molar refractivity (Wildman–Crippen MR) is 227 cm³/mol. The summed E-state index contributed by atoms with van der Waals surface area (Å²) in [5, 5.41) is 7.76. The summed E-state index contributed by atoms with van der Waals surface area (Å²) in [7, 11) is 0. The third-order valence-corrected chi connectivity index (χ3v) is 12.7. The molecular weight excluding hydrogens is 669 g/mol. The van der Waals surface area contributed by atoms with Gasteiger partial charge in [0.25, 0.3) is 0 Å². The van der Waals surface area contributed by atoms with Gasteiger partial charge in [0.1, 0.15) is 0 Å². The second-order valence-electron chi connectivity index (χ2n) is 13.4. The van der Waals surface area contributed by atoms with Crippen LogP contribution in [0.2, 0.25) is 0 Å². The van der Waals surface area contributed by atoms with Crippen LogP contribution in [-0.2, 0) is 0 Å². The summed E-state index contributed by atoms with van der Waals surface area (Å²) >= 11 is 3.73. The van der Waals surface area contributed by atoms with E-state index in [-0.39, 0.29) is 0 Å². The van der Waals surface area contributed by atoms with Gasteiger partial charge in [0.15, 0.2) is 0 Å². The van der Waals surface area contributed by atoms with Crippen molar-refractivity contribution in [3.8, 4) is 16.8 Å². The van der Waals surface area contributed by atoms with E-state index in [1.54, 1.807) is 0 Å². The van der Waals surface area contributed by atoms with Crippen molar-refractivity contribution < 1.29 is 0 Å². The highest BCUT2D eigenvalue weighted by Crippen LogP contribution is 2.43. The average molecular weight is 699 g/mol. The molecule has 0 saturated carbocycles. The predicted octanol–water partition coefficient (Wildman–Crippen LogP) is 14.7. The molecule has 0 fully saturated rings. The third kappa shape index (κ3) is 4.62. The van der Waals surface area contributed by atoms with Crippen LogP contribution in [0.15, 0.2) is 182 Å². The molecular formula is C48H30N2S2. The third-order valence-electron chi connectivity index (χ3n) is 10.4. The molecule has 0 atom stereocenters. The monoisotopic (exact) mass is 698 g/mol. The lowest BCUT2D eigenvalue weighted by Crippen LogP contribution is -2.09. The van der Waals surface area contributed by atoms with Crippen molar-refractivity contribution in [3.63, 3.8) is 0 Å². The van der Waals surface area contributed by atoms with Gasteiger partial charge in [-0.2, -0.15) is 0 Å². The van der Waals surface area contributed by atoms with Gasteiger partial charge in [0, 0.05) is 73.9 Å². The van der Waals surface area contributed by atoms with Gasteiger partial charge in [0.05, 0.1) is 11.0 Å². The van der Waals surface area contributed by atoms with Crippen LogP contribution in [0, 0.1) is 0 Å². The maximum Gasteiger partial charge on any atom is 0.0542 e. The Bertz CT molecular complexity index is 3130. The number of hydrogen-bond donors (Lipinski definition) is 0. The number of anilines is 3. The number of benzene rings is 8. The number of para-hydroxylation sites is 2. The fourth-order valence-corrected chi connectivity index (χ4v) is 10.2. The second kappa shape index (κ2) is 11.7. The quantitative estimate of drug-likeness (QED) is 0.174. The van der Waals surface area contributed by atoms with E-state index in [1.165, 1.54) is 73.3 Å². The molecule has 3 aromatic heterocycles. The number of thiophene rings is 2. The molecule has 0 radical (unpaired) electrons. The fourth-order valence-electron chi connectivity index (χ4n) is 7.96. The highest BCUT2D eigenvalue weighted by atomic mass is 32.1. The van der Waals surface area contributed by atoms with E-state index in [0.717, 1.165) is 22.7 Å². The highest BCUT2D eigenvalue weighted by molar-refractivity contribution is 7.26. The molecule has 0 N–H and O–H groups in total. The Kier molecular flexibility index (Phi) is 6.63. The molecule has 11 rings (SSSR count). The normalized spacial score (nSPS) is 11.8. The van der Waals surface area contributed by atoms with Crippen LogP contribution in [0.3, 0.4) is 0 Å². The van der Waals surface area contributed by atoms with E-state index in [9.17, 15) is 0 Å². The molecule has 0 aliphatic rings. The summed E-state index contributed by atoms with van der Waals surface area (Å²) < 4.78 is 7.64. The largest absolute Gasteiger partial charge is 0.310 e. The Morgan fingerprint density at radius 1 is 0.327 bits per heavy atom. The molecule has 0 aliphatic heterocycles. The van der Waals surface area contributed by atoms with E-state index < -0.39 is 0 Å². The Balaban J connectivity index is 1.08. The minimum Gasteiger partial charge on any atom is -0.310 e. The lowest BCUT2D eigenvalue weighted by Gasteiger charge is -2.26.